The highest BCUT2D eigenvalue weighted by molar-refractivity contribution is 6.00. The Kier molecular flexibility index (Phi) is 1.99. The molecule has 0 spiro atoms. The molecule has 2 saturated heterocycles. The summed E-state index contributed by atoms with van der Waals surface area (Å²) in [5.74, 6) is -0.119. The highest BCUT2D eigenvalue weighted by atomic mass is 16.5. The molecule has 14 heavy (non-hydrogen) atoms. The maximum Gasteiger partial charge on any atom is 0.324 e. The van der Waals surface area contributed by atoms with E-state index in [4.69, 9.17) is 4.74 Å². The van der Waals surface area contributed by atoms with Gasteiger partial charge in [-0.2, -0.15) is 0 Å². The van der Waals surface area contributed by atoms with Crippen molar-refractivity contribution in [3.05, 3.63) is 0 Å². The molecule has 1 N–H and O–H groups in total. The second kappa shape index (κ2) is 2.95. The number of rotatable bonds is 1. The largest absolute Gasteiger partial charge is 0.378 e. The summed E-state index contributed by atoms with van der Waals surface area (Å²) in [5.41, 5.74) is -0.566. The number of fused-ring (bicyclic) bond motifs is 1. The van der Waals surface area contributed by atoms with E-state index in [2.05, 4.69) is 5.32 Å². The van der Waals surface area contributed by atoms with E-state index >= 15 is 0 Å². The van der Waals surface area contributed by atoms with E-state index in [-0.39, 0.29) is 18.0 Å². The standard InChI is InChI=1S/C9H14N2O3/c1-3-11-7(12)9(2)5-14-4-6(9)10-8(11)13/h6H,3-5H2,1-2H3,(H,10,13). The summed E-state index contributed by atoms with van der Waals surface area (Å²) >= 11 is 0. The molecule has 0 aliphatic carbocycles. The molecule has 5 nitrogen and oxygen atoms in total. The average molecular weight is 198 g/mol. The van der Waals surface area contributed by atoms with Crippen molar-refractivity contribution >= 4 is 11.9 Å². The Bertz CT molecular complexity index is 292. The normalized spacial score (nSPS) is 37.0. The second-order valence-corrected chi connectivity index (χ2v) is 3.98. The van der Waals surface area contributed by atoms with Gasteiger partial charge in [-0.05, 0) is 13.8 Å². The molecular weight excluding hydrogens is 184 g/mol. The summed E-state index contributed by atoms with van der Waals surface area (Å²) in [6.45, 7) is 4.87. The number of carbonyl (C=O) groups is 2. The minimum atomic E-state index is -0.566. The van der Waals surface area contributed by atoms with Crippen LogP contribution in [0.15, 0.2) is 0 Å². The molecule has 2 aliphatic heterocycles. The molecule has 2 aliphatic rings. The summed E-state index contributed by atoms with van der Waals surface area (Å²) < 4.78 is 5.24. The van der Waals surface area contributed by atoms with Crippen LogP contribution in [0.1, 0.15) is 13.8 Å². The zero-order valence-electron chi connectivity index (χ0n) is 8.37. The van der Waals surface area contributed by atoms with Crippen molar-refractivity contribution in [2.45, 2.75) is 19.9 Å². The molecule has 3 amide bonds. The summed E-state index contributed by atoms with van der Waals surface area (Å²) in [6.07, 6.45) is 0. The van der Waals surface area contributed by atoms with Gasteiger partial charge in [0.15, 0.2) is 0 Å². The van der Waals surface area contributed by atoms with Gasteiger partial charge in [0, 0.05) is 6.54 Å². The van der Waals surface area contributed by atoms with Gasteiger partial charge in [-0.15, -0.1) is 0 Å². The van der Waals surface area contributed by atoms with Gasteiger partial charge in [0.1, 0.15) is 0 Å². The molecule has 2 unspecified atom stereocenters. The van der Waals surface area contributed by atoms with Crippen LogP contribution in [-0.2, 0) is 9.53 Å². The number of nitrogens with zero attached hydrogens (tertiary/aromatic N) is 1. The van der Waals surface area contributed by atoms with E-state index in [9.17, 15) is 9.59 Å². The molecule has 5 heteroatoms. The second-order valence-electron chi connectivity index (χ2n) is 3.98. The quantitative estimate of drug-likeness (QED) is 0.643. The lowest BCUT2D eigenvalue weighted by Gasteiger charge is -2.38. The van der Waals surface area contributed by atoms with Crippen molar-refractivity contribution < 1.29 is 14.3 Å². The first-order chi connectivity index (χ1) is 6.59. The van der Waals surface area contributed by atoms with Crippen molar-refractivity contribution in [1.82, 2.24) is 10.2 Å². The van der Waals surface area contributed by atoms with Crippen LogP contribution in [-0.4, -0.2) is 42.6 Å². The molecule has 2 rings (SSSR count). The Hall–Kier alpha value is -1.10. The lowest BCUT2D eigenvalue weighted by atomic mass is 9.82. The van der Waals surface area contributed by atoms with Crippen molar-refractivity contribution in [3.8, 4) is 0 Å². The van der Waals surface area contributed by atoms with Crippen molar-refractivity contribution in [1.29, 1.82) is 0 Å². The first-order valence-corrected chi connectivity index (χ1v) is 4.80. The number of hydrogen-bond acceptors (Lipinski definition) is 3. The van der Waals surface area contributed by atoms with Gasteiger partial charge in [0.25, 0.3) is 0 Å². The zero-order chi connectivity index (χ0) is 10.3. The van der Waals surface area contributed by atoms with Crippen molar-refractivity contribution in [2.24, 2.45) is 5.41 Å². The first kappa shape index (κ1) is 9.45. The maximum absolute atomic E-state index is 12.0. The lowest BCUT2D eigenvalue weighted by Crippen LogP contribution is -2.64. The molecule has 0 bridgehead atoms. The Balaban J connectivity index is 2.31. The molecule has 2 atom stereocenters. The van der Waals surface area contributed by atoms with Crippen LogP contribution in [0.2, 0.25) is 0 Å². The monoisotopic (exact) mass is 198 g/mol. The van der Waals surface area contributed by atoms with E-state index in [0.717, 1.165) is 0 Å². The third kappa shape index (κ3) is 1.05. The van der Waals surface area contributed by atoms with E-state index in [0.29, 0.717) is 19.8 Å². The zero-order valence-corrected chi connectivity index (χ0v) is 8.37. The Morgan fingerprint density at radius 3 is 3.00 bits per heavy atom. The summed E-state index contributed by atoms with van der Waals surface area (Å²) in [7, 11) is 0. The number of nitrogens with one attached hydrogen (secondary N) is 1. The van der Waals surface area contributed by atoms with Gasteiger partial charge >= 0.3 is 6.03 Å². The maximum atomic E-state index is 12.0. The van der Waals surface area contributed by atoms with Gasteiger partial charge in [-0.1, -0.05) is 0 Å². The SMILES string of the molecule is CCN1C(=O)NC2COCC2(C)C1=O. The Labute approximate surface area is 82.4 Å². The fourth-order valence-corrected chi connectivity index (χ4v) is 2.00. The molecule has 78 valence electrons. The smallest absolute Gasteiger partial charge is 0.324 e. The van der Waals surface area contributed by atoms with E-state index in [1.54, 1.807) is 6.92 Å². The van der Waals surface area contributed by atoms with Gasteiger partial charge < -0.3 is 10.1 Å². The van der Waals surface area contributed by atoms with Crippen LogP contribution in [0.5, 0.6) is 0 Å². The fourth-order valence-electron chi connectivity index (χ4n) is 2.00. The van der Waals surface area contributed by atoms with Gasteiger partial charge in [0.2, 0.25) is 5.91 Å². The highest BCUT2D eigenvalue weighted by Gasteiger charge is 2.53. The van der Waals surface area contributed by atoms with Gasteiger partial charge in [-0.3, -0.25) is 9.69 Å². The Morgan fingerprint density at radius 2 is 2.36 bits per heavy atom. The number of amides is 3. The van der Waals surface area contributed by atoms with E-state index < -0.39 is 5.41 Å². The van der Waals surface area contributed by atoms with E-state index in [1.807, 2.05) is 6.92 Å². The average Bonchev–Trinajstić information content (AvgIpc) is 2.50. The highest BCUT2D eigenvalue weighted by Crippen LogP contribution is 2.33. The number of carbonyl (C=O) groups excluding carboxylic acids is 2. The van der Waals surface area contributed by atoms with Crippen LogP contribution in [0.3, 0.4) is 0 Å². The van der Waals surface area contributed by atoms with Gasteiger partial charge in [0.05, 0.1) is 24.7 Å². The molecule has 0 aromatic rings. The molecule has 2 heterocycles. The molecular formula is C9H14N2O3. The first-order valence-electron chi connectivity index (χ1n) is 4.80. The molecule has 0 aromatic carbocycles. The predicted octanol–water partition coefficient (Wildman–Crippen LogP) is -0.0368. The molecule has 0 radical (unpaired) electrons. The lowest BCUT2D eigenvalue weighted by molar-refractivity contribution is -0.140. The van der Waals surface area contributed by atoms with E-state index in [1.165, 1.54) is 4.90 Å². The minimum Gasteiger partial charge on any atom is -0.378 e. The van der Waals surface area contributed by atoms with Crippen LogP contribution in [0.25, 0.3) is 0 Å². The number of imide groups is 1. The van der Waals surface area contributed by atoms with Crippen molar-refractivity contribution in [3.63, 3.8) is 0 Å². The predicted molar refractivity (Wildman–Crippen MR) is 48.6 cm³/mol. The Morgan fingerprint density at radius 1 is 1.64 bits per heavy atom. The molecule has 0 saturated carbocycles. The van der Waals surface area contributed by atoms with Gasteiger partial charge in [-0.25, -0.2) is 4.79 Å². The van der Waals surface area contributed by atoms with Crippen LogP contribution in [0.4, 0.5) is 4.79 Å². The summed E-state index contributed by atoms with van der Waals surface area (Å²) in [4.78, 5) is 24.7. The number of hydrogen-bond donors (Lipinski definition) is 1. The molecule has 0 aromatic heterocycles. The van der Waals surface area contributed by atoms with Crippen molar-refractivity contribution in [2.75, 3.05) is 19.8 Å². The van der Waals surface area contributed by atoms with Crippen LogP contribution < -0.4 is 5.32 Å². The minimum absolute atomic E-state index is 0.119. The topological polar surface area (TPSA) is 58.6 Å². The van der Waals surface area contributed by atoms with Crippen LogP contribution in [0, 0.1) is 5.41 Å². The number of urea groups is 1. The molecule has 2 fully saturated rings. The fraction of sp³-hybridized carbons (Fsp3) is 0.778. The number of ether oxygens (including phenoxy) is 1. The third-order valence-corrected chi connectivity index (χ3v) is 3.05. The van der Waals surface area contributed by atoms with Crippen LogP contribution >= 0.6 is 0 Å². The summed E-state index contributed by atoms with van der Waals surface area (Å²) in [6, 6.07) is -0.462. The summed E-state index contributed by atoms with van der Waals surface area (Å²) in [5, 5.41) is 2.79. The third-order valence-electron chi connectivity index (χ3n) is 3.05.